The molecule has 3 heteroatoms. The maximum atomic E-state index is 9.89. The number of unbranched alkanes of at least 4 members (excludes halogenated alkanes) is 2. The van der Waals surface area contributed by atoms with Crippen LogP contribution in [-0.2, 0) is 6.42 Å². The lowest BCUT2D eigenvalue weighted by Crippen LogP contribution is -2.10. The van der Waals surface area contributed by atoms with E-state index in [0.717, 1.165) is 18.4 Å². The molecule has 0 amide bonds. The average Bonchev–Trinajstić information content (AvgIpc) is 2.20. The van der Waals surface area contributed by atoms with Crippen molar-refractivity contribution in [1.82, 2.24) is 0 Å². The van der Waals surface area contributed by atoms with Gasteiger partial charge in [-0.25, -0.2) is 0 Å². The molecule has 0 saturated carbocycles. The van der Waals surface area contributed by atoms with Crippen molar-refractivity contribution in [1.29, 1.82) is 0 Å². The van der Waals surface area contributed by atoms with Crippen LogP contribution in [0.4, 0.5) is 0 Å². The number of hydrogen-bond donors (Lipinski definition) is 2. The number of aryl methyl sites for hydroxylation is 1. The van der Waals surface area contributed by atoms with E-state index in [-0.39, 0.29) is 10.7 Å². The SMILES string of the molecule is CCCCCc1cccc(C(N)=S)c1O. The van der Waals surface area contributed by atoms with Crippen LogP contribution < -0.4 is 5.73 Å². The topological polar surface area (TPSA) is 46.2 Å². The molecule has 0 aliphatic heterocycles. The highest BCUT2D eigenvalue weighted by Gasteiger charge is 2.08. The summed E-state index contributed by atoms with van der Waals surface area (Å²) >= 11 is 4.86. The molecular weight excluding hydrogens is 206 g/mol. The Balaban J connectivity index is 2.80. The Kier molecular flexibility index (Phi) is 4.56. The molecule has 1 aromatic rings. The van der Waals surface area contributed by atoms with E-state index in [2.05, 4.69) is 6.92 Å². The summed E-state index contributed by atoms with van der Waals surface area (Å²) < 4.78 is 0. The van der Waals surface area contributed by atoms with Crippen LogP contribution >= 0.6 is 12.2 Å². The van der Waals surface area contributed by atoms with Gasteiger partial charge in [0.05, 0.1) is 5.56 Å². The summed E-state index contributed by atoms with van der Waals surface area (Å²) in [6.07, 6.45) is 4.33. The number of thiocarbonyl (C=S) groups is 1. The van der Waals surface area contributed by atoms with E-state index in [1.807, 2.05) is 12.1 Å². The second-order valence-electron chi connectivity index (χ2n) is 3.63. The predicted molar refractivity (Wildman–Crippen MR) is 67.2 cm³/mol. The molecule has 0 spiro atoms. The maximum absolute atomic E-state index is 9.89. The quantitative estimate of drug-likeness (QED) is 0.596. The van der Waals surface area contributed by atoms with Crippen LogP contribution in [0.1, 0.15) is 37.3 Å². The van der Waals surface area contributed by atoms with Crippen LogP contribution in [0.15, 0.2) is 18.2 Å². The van der Waals surface area contributed by atoms with Gasteiger partial charge in [-0.15, -0.1) is 0 Å². The third kappa shape index (κ3) is 3.20. The van der Waals surface area contributed by atoms with Crippen LogP contribution in [0.2, 0.25) is 0 Å². The van der Waals surface area contributed by atoms with E-state index in [1.165, 1.54) is 12.8 Å². The van der Waals surface area contributed by atoms with Crippen LogP contribution in [-0.4, -0.2) is 10.1 Å². The third-order valence-corrected chi connectivity index (χ3v) is 2.65. The lowest BCUT2D eigenvalue weighted by Gasteiger charge is -2.08. The lowest BCUT2D eigenvalue weighted by molar-refractivity contribution is 0.465. The average molecular weight is 223 g/mol. The van der Waals surface area contributed by atoms with Crippen molar-refractivity contribution in [2.24, 2.45) is 5.73 Å². The van der Waals surface area contributed by atoms with Gasteiger partial charge in [0.25, 0.3) is 0 Å². The zero-order valence-corrected chi connectivity index (χ0v) is 9.81. The van der Waals surface area contributed by atoms with Gasteiger partial charge < -0.3 is 10.8 Å². The summed E-state index contributed by atoms with van der Waals surface area (Å²) in [5.41, 5.74) is 7.03. The van der Waals surface area contributed by atoms with Crippen molar-refractivity contribution >= 4 is 17.2 Å². The van der Waals surface area contributed by atoms with Crippen LogP contribution in [0.3, 0.4) is 0 Å². The predicted octanol–water partition coefficient (Wildman–Crippen LogP) is 2.76. The maximum Gasteiger partial charge on any atom is 0.128 e. The number of aromatic hydroxyl groups is 1. The zero-order chi connectivity index (χ0) is 11.3. The molecule has 1 rings (SSSR count). The first-order valence-corrected chi connectivity index (χ1v) is 5.68. The number of nitrogens with two attached hydrogens (primary N) is 1. The van der Waals surface area contributed by atoms with E-state index < -0.39 is 0 Å². The van der Waals surface area contributed by atoms with E-state index in [4.69, 9.17) is 18.0 Å². The van der Waals surface area contributed by atoms with Crippen molar-refractivity contribution in [3.8, 4) is 5.75 Å². The Labute approximate surface area is 96.1 Å². The fourth-order valence-corrected chi connectivity index (χ4v) is 1.72. The second-order valence-corrected chi connectivity index (χ2v) is 4.07. The van der Waals surface area contributed by atoms with Crippen molar-refractivity contribution < 1.29 is 5.11 Å². The van der Waals surface area contributed by atoms with Gasteiger partial charge in [-0.3, -0.25) is 0 Å². The normalized spacial score (nSPS) is 10.2. The summed E-state index contributed by atoms with van der Waals surface area (Å²) in [5, 5.41) is 9.89. The molecule has 0 bridgehead atoms. The van der Waals surface area contributed by atoms with Gasteiger partial charge in [0.2, 0.25) is 0 Å². The van der Waals surface area contributed by atoms with E-state index in [1.54, 1.807) is 6.07 Å². The van der Waals surface area contributed by atoms with Crippen LogP contribution in [0, 0.1) is 0 Å². The summed E-state index contributed by atoms with van der Waals surface area (Å²) in [7, 11) is 0. The Hall–Kier alpha value is -1.09. The number of phenolic OH excluding ortho intramolecular Hbond substituents is 1. The van der Waals surface area contributed by atoms with Gasteiger partial charge in [0.15, 0.2) is 0 Å². The molecule has 0 saturated heterocycles. The minimum absolute atomic E-state index is 0.251. The monoisotopic (exact) mass is 223 g/mol. The molecule has 3 N–H and O–H groups in total. The largest absolute Gasteiger partial charge is 0.507 e. The first-order valence-electron chi connectivity index (χ1n) is 5.27. The standard InChI is InChI=1S/C12H17NOS/c1-2-3-4-6-9-7-5-8-10(11(9)14)12(13)15/h5,7-8,14H,2-4,6H2,1H3,(H2,13,15). The van der Waals surface area contributed by atoms with Gasteiger partial charge in [-0.05, 0) is 24.5 Å². The Morgan fingerprint density at radius 3 is 2.73 bits per heavy atom. The highest BCUT2D eigenvalue weighted by atomic mass is 32.1. The lowest BCUT2D eigenvalue weighted by atomic mass is 10.0. The first kappa shape index (κ1) is 12.0. The molecular formula is C12H17NOS. The molecule has 0 aliphatic rings. The zero-order valence-electron chi connectivity index (χ0n) is 8.99. The van der Waals surface area contributed by atoms with Gasteiger partial charge in [0, 0.05) is 0 Å². The van der Waals surface area contributed by atoms with Crippen LogP contribution in [0.25, 0.3) is 0 Å². The molecule has 1 aromatic carbocycles. The van der Waals surface area contributed by atoms with Gasteiger partial charge in [-0.2, -0.15) is 0 Å². The van der Waals surface area contributed by atoms with E-state index in [9.17, 15) is 5.11 Å². The summed E-state index contributed by atoms with van der Waals surface area (Å²) in [6, 6.07) is 5.56. The number of para-hydroxylation sites is 1. The number of benzene rings is 1. The molecule has 2 nitrogen and oxygen atoms in total. The first-order chi connectivity index (χ1) is 7.16. The molecule has 0 atom stereocenters. The molecule has 0 fully saturated rings. The van der Waals surface area contributed by atoms with E-state index in [0.29, 0.717) is 5.56 Å². The molecule has 0 aromatic heterocycles. The minimum atomic E-state index is 0.251. The smallest absolute Gasteiger partial charge is 0.128 e. The molecule has 0 aliphatic carbocycles. The molecule has 15 heavy (non-hydrogen) atoms. The van der Waals surface area contributed by atoms with E-state index >= 15 is 0 Å². The minimum Gasteiger partial charge on any atom is -0.507 e. The Bertz CT molecular complexity index is 349. The van der Waals surface area contributed by atoms with Crippen LogP contribution in [0.5, 0.6) is 5.75 Å². The van der Waals surface area contributed by atoms with Gasteiger partial charge >= 0.3 is 0 Å². The van der Waals surface area contributed by atoms with Crippen molar-refractivity contribution in [2.45, 2.75) is 32.6 Å². The molecule has 0 heterocycles. The Morgan fingerprint density at radius 2 is 2.13 bits per heavy atom. The van der Waals surface area contributed by atoms with Gasteiger partial charge in [0.1, 0.15) is 10.7 Å². The highest BCUT2D eigenvalue weighted by molar-refractivity contribution is 7.80. The van der Waals surface area contributed by atoms with Crippen molar-refractivity contribution in [3.63, 3.8) is 0 Å². The highest BCUT2D eigenvalue weighted by Crippen LogP contribution is 2.24. The fraction of sp³-hybridized carbons (Fsp3) is 0.417. The summed E-state index contributed by atoms with van der Waals surface area (Å²) in [5.74, 6) is 0.251. The molecule has 0 unspecified atom stereocenters. The summed E-state index contributed by atoms with van der Waals surface area (Å²) in [4.78, 5) is 0.254. The third-order valence-electron chi connectivity index (χ3n) is 2.43. The van der Waals surface area contributed by atoms with Crippen molar-refractivity contribution in [2.75, 3.05) is 0 Å². The number of phenols is 1. The summed E-state index contributed by atoms with van der Waals surface area (Å²) in [6.45, 7) is 2.16. The second kappa shape index (κ2) is 5.71. The van der Waals surface area contributed by atoms with Crippen molar-refractivity contribution in [3.05, 3.63) is 29.3 Å². The number of hydrogen-bond acceptors (Lipinski definition) is 2. The number of rotatable bonds is 5. The Morgan fingerprint density at radius 1 is 1.40 bits per heavy atom. The molecule has 0 radical (unpaired) electrons. The fourth-order valence-electron chi connectivity index (χ4n) is 1.56. The molecule has 82 valence electrons. The van der Waals surface area contributed by atoms with Gasteiger partial charge in [-0.1, -0.05) is 44.1 Å².